The van der Waals surface area contributed by atoms with Crippen LogP contribution in [-0.4, -0.2) is 36.1 Å². The summed E-state index contributed by atoms with van der Waals surface area (Å²) in [5.41, 5.74) is 9.70. The van der Waals surface area contributed by atoms with Crippen molar-refractivity contribution < 1.29 is 15.0 Å². The van der Waals surface area contributed by atoms with Gasteiger partial charge in [0.05, 0.1) is 34.8 Å². The summed E-state index contributed by atoms with van der Waals surface area (Å²) in [6, 6.07) is 36.7. The number of carboxylic acids is 1. The molecule has 2 aromatic heterocycles. The highest BCUT2D eigenvalue weighted by Gasteiger charge is 2.15. The van der Waals surface area contributed by atoms with Gasteiger partial charge >= 0.3 is 5.97 Å². The van der Waals surface area contributed by atoms with Crippen molar-refractivity contribution in [2.75, 3.05) is 0 Å². The van der Waals surface area contributed by atoms with E-state index in [2.05, 4.69) is 52.2 Å². The third kappa shape index (κ3) is 8.21. The summed E-state index contributed by atoms with van der Waals surface area (Å²) >= 11 is 0. The van der Waals surface area contributed by atoms with E-state index >= 15 is 0 Å². The molecule has 0 atom stereocenters. The molecule has 6 aromatic rings. The number of nitriles is 1. The average molecular weight is 634 g/mol. The zero-order valence-electron chi connectivity index (χ0n) is 27.1. The molecule has 8 heteroatoms. The first-order valence-corrected chi connectivity index (χ1v) is 15.5. The van der Waals surface area contributed by atoms with Gasteiger partial charge < -0.3 is 10.2 Å². The Morgan fingerprint density at radius 2 is 1.12 bits per heavy atom. The minimum absolute atomic E-state index is 0.0396. The fraction of sp³-hybridized carbons (Fsp3) is 0.150. The smallest absolute Gasteiger partial charge is 0.335 e. The van der Waals surface area contributed by atoms with Gasteiger partial charge in [0, 0.05) is 35.2 Å². The van der Waals surface area contributed by atoms with Crippen LogP contribution in [0.4, 0.5) is 0 Å². The maximum absolute atomic E-state index is 11.0. The van der Waals surface area contributed by atoms with E-state index in [1.807, 2.05) is 67.6 Å². The van der Waals surface area contributed by atoms with E-state index in [0.29, 0.717) is 41.4 Å². The Morgan fingerprint density at radius 3 is 1.62 bits per heavy atom. The second-order valence-electron chi connectivity index (χ2n) is 11.4. The average Bonchev–Trinajstić information content (AvgIpc) is 3.10. The molecule has 0 bridgehead atoms. The van der Waals surface area contributed by atoms with Gasteiger partial charge in [-0.15, -0.1) is 0 Å². The number of nitrogens with zero attached hydrogens (tertiary/aromatic N) is 5. The van der Waals surface area contributed by atoms with Gasteiger partial charge in [0.15, 0.2) is 11.6 Å². The van der Waals surface area contributed by atoms with Crippen molar-refractivity contribution in [3.8, 4) is 28.8 Å². The third-order valence-electron chi connectivity index (χ3n) is 7.86. The molecular weight excluding hydrogens is 598 g/mol. The first kappa shape index (κ1) is 33.3. The second-order valence-corrected chi connectivity index (χ2v) is 11.4. The third-order valence-corrected chi connectivity index (χ3v) is 7.86. The topological polar surface area (TPSA) is 133 Å². The molecule has 4 aromatic carbocycles. The molecule has 6 rings (SSSR count). The zero-order valence-corrected chi connectivity index (χ0v) is 27.1. The van der Waals surface area contributed by atoms with Crippen molar-refractivity contribution in [1.82, 2.24) is 19.9 Å². The molecule has 8 nitrogen and oxygen atoms in total. The number of aromatic nitrogens is 4. The lowest BCUT2D eigenvalue weighted by molar-refractivity contribution is 0.0697. The number of benzene rings is 4. The number of hydrogen-bond donors (Lipinski definition) is 2. The number of carboxylic acid groups (broad SMARTS) is 1. The van der Waals surface area contributed by atoms with Gasteiger partial charge in [-0.05, 0) is 44.0 Å². The largest absolute Gasteiger partial charge is 0.478 e. The second kappa shape index (κ2) is 15.5. The lowest BCUT2D eigenvalue weighted by Gasteiger charge is -2.12. The van der Waals surface area contributed by atoms with Crippen molar-refractivity contribution in [3.05, 3.63) is 165 Å². The highest BCUT2D eigenvalue weighted by atomic mass is 16.4. The van der Waals surface area contributed by atoms with Crippen LogP contribution in [0, 0.1) is 32.1 Å². The Balaban J connectivity index is 0.000000188. The van der Waals surface area contributed by atoms with Gasteiger partial charge in [0.1, 0.15) is 6.07 Å². The molecule has 0 saturated carbocycles. The van der Waals surface area contributed by atoms with Crippen molar-refractivity contribution in [2.24, 2.45) is 0 Å². The number of rotatable bonds is 8. The molecule has 0 amide bonds. The van der Waals surface area contributed by atoms with Crippen LogP contribution in [0.25, 0.3) is 22.8 Å². The molecule has 0 aliphatic rings. The van der Waals surface area contributed by atoms with Crippen LogP contribution in [-0.2, 0) is 19.4 Å². The quantitative estimate of drug-likeness (QED) is 0.177. The fourth-order valence-corrected chi connectivity index (χ4v) is 5.20. The summed E-state index contributed by atoms with van der Waals surface area (Å²) in [5.74, 6) is 0.324. The molecule has 2 N–H and O–H groups in total. The van der Waals surface area contributed by atoms with E-state index in [1.165, 1.54) is 11.1 Å². The minimum atomic E-state index is -0.964. The van der Waals surface area contributed by atoms with Gasteiger partial charge in [0.2, 0.25) is 0 Å². The predicted molar refractivity (Wildman–Crippen MR) is 185 cm³/mol. The van der Waals surface area contributed by atoms with E-state index in [9.17, 15) is 15.2 Å². The summed E-state index contributed by atoms with van der Waals surface area (Å²) in [4.78, 5) is 29.3. The minimum Gasteiger partial charge on any atom is -0.478 e. The van der Waals surface area contributed by atoms with Crippen molar-refractivity contribution in [2.45, 2.75) is 40.2 Å². The summed E-state index contributed by atoms with van der Waals surface area (Å²) in [6.07, 6.45) is 1.13. The first-order chi connectivity index (χ1) is 23.2. The van der Waals surface area contributed by atoms with Crippen molar-refractivity contribution in [1.29, 1.82) is 5.26 Å². The Morgan fingerprint density at radius 1 is 0.646 bits per heavy atom. The molecule has 0 radical (unpaired) electrons. The van der Waals surface area contributed by atoms with Gasteiger partial charge in [-0.2, -0.15) is 5.26 Å². The van der Waals surface area contributed by atoms with Gasteiger partial charge in [-0.25, -0.2) is 24.7 Å². The molecule has 0 aliphatic heterocycles. The Bertz CT molecular complexity index is 2060. The van der Waals surface area contributed by atoms with Crippen LogP contribution >= 0.6 is 0 Å². The highest BCUT2D eigenvalue weighted by Crippen LogP contribution is 2.23. The van der Waals surface area contributed by atoms with Gasteiger partial charge in [0.25, 0.3) is 0 Å². The van der Waals surface area contributed by atoms with Gasteiger partial charge in [-0.1, -0.05) is 103 Å². The van der Waals surface area contributed by atoms with Crippen LogP contribution in [0.1, 0.15) is 61.0 Å². The first-order valence-electron chi connectivity index (χ1n) is 15.5. The molecule has 0 saturated heterocycles. The van der Waals surface area contributed by atoms with E-state index < -0.39 is 5.97 Å². The Labute approximate surface area is 280 Å². The number of aryl methyl sites for hydroxylation is 3. The van der Waals surface area contributed by atoms with Crippen molar-refractivity contribution >= 4 is 5.97 Å². The Hall–Kier alpha value is -6.04. The van der Waals surface area contributed by atoms with Crippen LogP contribution in [0.3, 0.4) is 0 Å². The highest BCUT2D eigenvalue weighted by molar-refractivity contribution is 5.87. The van der Waals surface area contributed by atoms with E-state index in [1.54, 1.807) is 31.2 Å². The molecule has 2 heterocycles. The monoisotopic (exact) mass is 633 g/mol. The number of aromatic carboxylic acids is 1. The normalized spacial score (nSPS) is 10.5. The molecule has 238 valence electrons. The Kier molecular flexibility index (Phi) is 10.8. The van der Waals surface area contributed by atoms with E-state index in [4.69, 9.17) is 10.1 Å². The maximum Gasteiger partial charge on any atom is 0.335 e. The fourth-order valence-electron chi connectivity index (χ4n) is 5.20. The summed E-state index contributed by atoms with van der Waals surface area (Å²) in [5, 5.41) is 28.1. The molecule has 0 spiro atoms. The van der Waals surface area contributed by atoms with Gasteiger partial charge in [-0.3, -0.25) is 0 Å². The van der Waals surface area contributed by atoms with Crippen molar-refractivity contribution in [3.63, 3.8) is 0 Å². The number of hydrogen-bond acceptors (Lipinski definition) is 7. The molecule has 0 aliphatic carbocycles. The summed E-state index contributed by atoms with van der Waals surface area (Å²) < 4.78 is 0. The number of carbonyl (C=O) groups is 1. The number of aliphatic hydroxyl groups is 1. The van der Waals surface area contributed by atoms with E-state index in [-0.39, 0.29) is 12.2 Å². The maximum atomic E-state index is 11.0. The van der Waals surface area contributed by atoms with Crippen LogP contribution in [0.5, 0.6) is 0 Å². The lowest BCUT2D eigenvalue weighted by atomic mass is 10.0. The zero-order chi connectivity index (χ0) is 34.0. The lowest BCUT2D eigenvalue weighted by Crippen LogP contribution is -2.06. The predicted octanol–water partition coefficient (Wildman–Crippen LogP) is 7.46. The molecular formula is C40H35N5O3. The standard InChI is InChI=1S/C20H15N3O2.C20H20N2O/c1-13-17(12-21)18(11-14-7-9-16(10-8-14)20(24)25)23-19(22-13)15-5-3-2-4-6-15;1-14-8-10-16(11-9-14)12-19-18(13-23)15(2)21-20(22-19)17-6-4-3-5-7-17/h2-10H,11H2,1H3,(H,24,25);3-11,23H,12-13H2,1-2H3. The number of aliphatic hydroxyl groups excluding tert-OH is 1. The SMILES string of the molecule is Cc1ccc(Cc2nc(-c3ccccc3)nc(C)c2CO)cc1.Cc1nc(-c2ccccc2)nc(Cc2ccc(C(=O)O)cc2)c1C#N. The molecule has 0 fully saturated rings. The molecule has 48 heavy (non-hydrogen) atoms. The van der Waals surface area contributed by atoms with Crippen LogP contribution in [0.15, 0.2) is 109 Å². The summed E-state index contributed by atoms with van der Waals surface area (Å²) in [6.45, 7) is 5.76. The summed E-state index contributed by atoms with van der Waals surface area (Å²) in [7, 11) is 0. The van der Waals surface area contributed by atoms with E-state index in [0.717, 1.165) is 33.6 Å². The van der Waals surface area contributed by atoms with Crippen LogP contribution in [0.2, 0.25) is 0 Å². The molecule has 0 unspecified atom stereocenters. The van der Waals surface area contributed by atoms with Crippen LogP contribution < -0.4 is 0 Å².